The van der Waals surface area contributed by atoms with Gasteiger partial charge < -0.3 is 19.7 Å². The molecule has 0 unspecified atom stereocenters. The van der Waals surface area contributed by atoms with Gasteiger partial charge in [0.25, 0.3) is 5.91 Å². The molecule has 6 heteroatoms. The molecule has 134 valence electrons. The van der Waals surface area contributed by atoms with Crippen LogP contribution in [0.5, 0.6) is 0 Å². The number of hydrogen-bond acceptors (Lipinski definition) is 2. The fourth-order valence-corrected chi connectivity index (χ4v) is 3.40. The van der Waals surface area contributed by atoms with Gasteiger partial charge in [0.05, 0.1) is 5.56 Å². The molecule has 6 nitrogen and oxygen atoms in total. The van der Waals surface area contributed by atoms with E-state index in [1.807, 2.05) is 57.0 Å². The van der Waals surface area contributed by atoms with Gasteiger partial charge in [-0.25, -0.2) is 4.79 Å². The normalized spacial score (nSPS) is 15.1. The molecule has 3 amide bonds. The third-order valence-corrected chi connectivity index (χ3v) is 4.88. The minimum atomic E-state index is -0.0524. The standard InChI is InChI=1S/C19H26N4O2/c1-13(2)20-19(25)23-11-9-22(10-12-23)18(24)17-14(3)21(4)16-8-6-5-7-15(16)17/h5-8,13H,9-12H2,1-4H3,(H,20,25). The molecule has 1 fully saturated rings. The number of aromatic nitrogens is 1. The van der Waals surface area contributed by atoms with Gasteiger partial charge in [0.1, 0.15) is 0 Å². The van der Waals surface area contributed by atoms with Gasteiger partial charge in [-0.3, -0.25) is 4.79 Å². The summed E-state index contributed by atoms with van der Waals surface area (Å²) in [5, 5.41) is 3.90. The zero-order valence-electron chi connectivity index (χ0n) is 15.4. The van der Waals surface area contributed by atoms with E-state index in [4.69, 9.17) is 0 Å². The molecule has 1 saturated heterocycles. The third kappa shape index (κ3) is 3.21. The number of nitrogens with zero attached hydrogens (tertiary/aromatic N) is 3. The van der Waals surface area contributed by atoms with Crippen molar-refractivity contribution in [2.45, 2.75) is 26.8 Å². The minimum absolute atomic E-state index is 0.0524. The average Bonchev–Trinajstić information content (AvgIpc) is 2.85. The van der Waals surface area contributed by atoms with Crippen molar-refractivity contribution in [3.63, 3.8) is 0 Å². The second kappa shape index (κ2) is 6.78. The summed E-state index contributed by atoms with van der Waals surface area (Å²) in [6.07, 6.45) is 0. The van der Waals surface area contributed by atoms with Gasteiger partial charge in [-0.05, 0) is 26.8 Å². The quantitative estimate of drug-likeness (QED) is 0.911. The number of carbonyl (C=O) groups excluding carboxylic acids is 2. The fraction of sp³-hybridized carbons (Fsp3) is 0.474. The van der Waals surface area contributed by atoms with Gasteiger partial charge in [-0.15, -0.1) is 0 Å². The SMILES string of the molecule is Cc1c(C(=O)N2CCN(C(=O)NC(C)C)CC2)c2ccccc2n1C. The molecule has 3 rings (SSSR count). The van der Waals surface area contributed by atoms with E-state index in [0.717, 1.165) is 22.2 Å². The van der Waals surface area contributed by atoms with Crippen LogP contribution in [-0.2, 0) is 7.05 Å². The molecular weight excluding hydrogens is 316 g/mol. The summed E-state index contributed by atoms with van der Waals surface area (Å²) in [4.78, 5) is 28.8. The molecule has 1 aliphatic rings. The van der Waals surface area contributed by atoms with Gasteiger partial charge in [-0.2, -0.15) is 0 Å². The number of fused-ring (bicyclic) bond motifs is 1. The Bertz CT molecular complexity index is 801. The van der Waals surface area contributed by atoms with Crippen molar-refractivity contribution < 1.29 is 9.59 Å². The number of benzene rings is 1. The maximum atomic E-state index is 13.1. The van der Waals surface area contributed by atoms with E-state index in [-0.39, 0.29) is 18.0 Å². The lowest BCUT2D eigenvalue weighted by Gasteiger charge is -2.35. The highest BCUT2D eigenvalue weighted by Gasteiger charge is 2.28. The van der Waals surface area contributed by atoms with Crippen molar-refractivity contribution in [3.8, 4) is 0 Å². The highest BCUT2D eigenvalue weighted by atomic mass is 16.2. The first-order valence-corrected chi connectivity index (χ1v) is 8.79. The van der Waals surface area contributed by atoms with Gasteiger partial charge in [0.2, 0.25) is 0 Å². The highest BCUT2D eigenvalue weighted by molar-refractivity contribution is 6.08. The Morgan fingerprint density at radius 1 is 1.04 bits per heavy atom. The smallest absolute Gasteiger partial charge is 0.317 e. The highest BCUT2D eigenvalue weighted by Crippen LogP contribution is 2.26. The first kappa shape index (κ1) is 17.3. The van der Waals surface area contributed by atoms with E-state index >= 15 is 0 Å². The van der Waals surface area contributed by atoms with E-state index in [2.05, 4.69) is 9.88 Å². The number of carbonyl (C=O) groups is 2. The van der Waals surface area contributed by atoms with Gasteiger partial charge in [-0.1, -0.05) is 18.2 Å². The lowest BCUT2D eigenvalue weighted by molar-refractivity contribution is 0.0665. The Hall–Kier alpha value is -2.50. The van der Waals surface area contributed by atoms with Crippen LogP contribution in [0.2, 0.25) is 0 Å². The Balaban J connectivity index is 1.76. The van der Waals surface area contributed by atoms with Crippen molar-refractivity contribution in [2.75, 3.05) is 26.2 Å². The Kier molecular flexibility index (Phi) is 4.70. The summed E-state index contributed by atoms with van der Waals surface area (Å²) in [7, 11) is 1.99. The van der Waals surface area contributed by atoms with Crippen LogP contribution >= 0.6 is 0 Å². The molecule has 1 aromatic carbocycles. The second-order valence-corrected chi connectivity index (χ2v) is 6.92. The number of urea groups is 1. The lowest BCUT2D eigenvalue weighted by atomic mass is 10.1. The summed E-state index contributed by atoms with van der Waals surface area (Å²) in [6, 6.07) is 8.05. The van der Waals surface area contributed by atoms with Crippen LogP contribution in [0.15, 0.2) is 24.3 Å². The summed E-state index contributed by atoms with van der Waals surface area (Å²) in [5.74, 6) is 0.0539. The van der Waals surface area contributed by atoms with Crippen molar-refractivity contribution in [1.82, 2.24) is 19.7 Å². The largest absolute Gasteiger partial charge is 0.347 e. The number of piperazine rings is 1. The van der Waals surface area contributed by atoms with Crippen LogP contribution in [0.25, 0.3) is 10.9 Å². The summed E-state index contributed by atoms with van der Waals surface area (Å²) in [6.45, 7) is 8.13. The number of aryl methyl sites for hydroxylation is 1. The van der Waals surface area contributed by atoms with Crippen LogP contribution in [-0.4, -0.2) is 58.5 Å². The number of para-hydroxylation sites is 1. The maximum absolute atomic E-state index is 13.1. The Morgan fingerprint density at radius 3 is 2.28 bits per heavy atom. The van der Waals surface area contributed by atoms with Crippen molar-refractivity contribution >= 4 is 22.8 Å². The first-order chi connectivity index (χ1) is 11.9. The third-order valence-electron chi connectivity index (χ3n) is 4.88. The molecule has 0 spiro atoms. The first-order valence-electron chi connectivity index (χ1n) is 8.79. The molecule has 2 aromatic rings. The molecule has 1 N–H and O–H groups in total. The summed E-state index contributed by atoms with van der Waals surface area (Å²) in [5.41, 5.74) is 2.82. The monoisotopic (exact) mass is 342 g/mol. The molecule has 1 aromatic heterocycles. The van der Waals surface area contributed by atoms with Crippen LogP contribution in [0.1, 0.15) is 29.9 Å². The molecule has 0 radical (unpaired) electrons. The van der Waals surface area contributed by atoms with E-state index in [1.54, 1.807) is 4.90 Å². The van der Waals surface area contributed by atoms with E-state index < -0.39 is 0 Å². The minimum Gasteiger partial charge on any atom is -0.347 e. The van der Waals surface area contributed by atoms with Crippen molar-refractivity contribution in [1.29, 1.82) is 0 Å². The molecule has 0 bridgehead atoms. The van der Waals surface area contributed by atoms with Crippen LogP contribution < -0.4 is 5.32 Å². The number of nitrogens with one attached hydrogen (secondary N) is 1. The summed E-state index contributed by atoms with van der Waals surface area (Å²) >= 11 is 0. The molecule has 25 heavy (non-hydrogen) atoms. The molecule has 2 heterocycles. The van der Waals surface area contributed by atoms with E-state index in [1.165, 1.54) is 0 Å². The Morgan fingerprint density at radius 2 is 1.64 bits per heavy atom. The summed E-state index contributed by atoms with van der Waals surface area (Å²) < 4.78 is 2.06. The molecule has 0 aliphatic carbocycles. The molecule has 0 saturated carbocycles. The topological polar surface area (TPSA) is 57.6 Å². The second-order valence-electron chi connectivity index (χ2n) is 6.92. The Labute approximate surface area is 148 Å². The lowest BCUT2D eigenvalue weighted by Crippen LogP contribution is -2.54. The maximum Gasteiger partial charge on any atom is 0.317 e. The fourth-order valence-electron chi connectivity index (χ4n) is 3.40. The van der Waals surface area contributed by atoms with Crippen LogP contribution in [0.3, 0.4) is 0 Å². The molecule has 0 atom stereocenters. The predicted octanol–water partition coefficient (Wildman–Crippen LogP) is 2.36. The molecule has 1 aliphatic heterocycles. The van der Waals surface area contributed by atoms with Crippen LogP contribution in [0.4, 0.5) is 4.79 Å². The van der Waals surface area contributed by atoms with E-state index in [0.29, 0.717) is 26.2 Å². The number of rotatable bonds is 2. The van der Waals surface area contributed by atoms with Gasteiger partial charge in [0, 0.05) is 55.9 Å². The zero-order chi connectivity index (χ0) is 18.1. The zero-order valence-corrected chi connectivity index (χ0v) is 15.4. The number of hydrogen-bond donors (Lipinski definition) is 1. The van der Waals surface area contributed by atoms with E-state index in [9.17, 15) is 9.59 Å². The number of amides is 3. The van der Waals surface area contributed by atoms with Crippen molar-refractivity contribution in [2.24, 2.45) is 7.05 Å². The van der Waals surface area contributed by atoms with Gasteiger partial charge in [0.15, 0.2) is 0 Å². The predicted molar refractivity (Wildman–Crippen MR) is 98.8 cm³/mol. The van der Waals surface area contributed by atoms with Crippen LogP contribution in [0, 0.1) is 6.92 Å². The van der Waals surface area contributed by atoms with Crippen molar-refractivity contribution in [3.05, 3.63) is 35.5 Å². The average molecular weight is 342 g/mol. The van der Waals surface area contributed by atoms with Gasteiger partial charge >= 0.3 is 6.03 Å². The molecular formula is C19H26N4O2.